The van der Waals surface area contributed by atoms with Crippen LogP contribution in [-0.4, -0.2) is 29.1 Å². The molecule has 1 aliphatic carbocycles. The first-order valence-electron chi connectivity index (χ1n) is 11.8. The molecule has 6 heteroatoms. The highest BCUT2D eigenvalue weighted by molar-refractivity contribution is 7.80. The van der Waals surface area contributed by atoms with Gasteiger partial charge in [-0.2, -0.15) is 0 Å². The second kappa shape index (κ2) is 9.85. The van der Waals surface area contributed by atoms with Crippen molar-refractivity contribution in [2.75, 3.05) is 7.11 Å². The van der Waals surface area contributed by atoms with Gasteiger partial charge >= 0.3 is 0 Å². The maximum Gasteiger partial charge on any atom is 0.276 e. The second-order valence-corrected chi connectivity index (χ2v) is 9.18. The van der Waals surface area contributed by atoms with Crippen LogP contribution in [0.25, 0.3) is 16.8 Å². The van der Waals surface area contributed by atoms with Gasteiger partial charge in [-0.05, 0) is 65.2 Å². The minimum atomic E-state index is -0.0489. The highest BCUT2D eigenvalue weighted by Crippen LogP contribution is 2.32. The number of benzene rings is 3. The van der Waals surface area contributed by atoms with E-state index in [9.17, 15) is 4.79 Å². The van der Waals surface area contributed by atoms with Crippen molar-refractivity contribution >= 4 is 40.1 Å². The summed E-state index contributed by atoms with van der Waals surface area (Å²) in [5.41, 5.74) is 2.46. The van der Waals surface area contributed by atoms with E-state index < -0.39 is 0 Å². The van der Waals surface area contributed by atoms with Crippen molar-refractivity contribution in [1.82, 2.24) is 10.2 Å². The Morgan fingerprint density at radius 1 is 1.03 bits per heavy atom. The lowest BCUT2D eigenvalue weighted by Gasteiger charge is -2.29. The van der Waals surface area contributed by atoms with Gasteiger partial charge in [-0.1, -0.05) is 67.8 Å². The fourth-order valence-corrected chi connectivity index (χ4v) is 5.20. The maximum absolute atomic E-state index is 13.1. The third-order valence-corrected chi connectivity index (χ3v) is 6.91. The lowest BCUT2D eigenvalue weighted by Crippen LogP contribution is -2.41. The quantitative estimate of drug-likeness (QED) is 0.362. The van der Waals surface area contributed by atoms with E-state index in [1.807, 2.05) is 42.5 Å². The normalized spacial score (nSPS) is 17.9. The molecule has 1 saturated heterocycles. The van der Waals surface area contributed by atoms with E-state index in [1.54, 1.807) is 12.0 Å². The highest BCUT2D eigenvalue weighted by atomic mass is 32.1. The number of hydrogen-bond donors (Lipinski definition) is 1. The van der Waals surface area contributed by atoms with Gasteiger partial charge in [0, 0.05) is 6.04 Å². The van der Waals surface area contributed by atoms with Gasteiger partial charge in [0.1, 0.15) is 12.3 Å². The fourth-order valence-electron chi connectivity index (χ4n) is 4.85. The molecule has 1 heterocycles. The lowest BCUT2D eigenvalue weighted by molar-refractivity contribution is -0.124. The molecule has 2 aliphatic rings. The summed E-state index contributed by atoms with van der Waals surface area (Å²) in [6, 6.07) is 20.4. The Hall–Kier alpha value is -3.38. The molecule has 5 nitrogen and oxygen atoms in total. The Balaban J connectivity index is 1.33. The first-order chi connectivity index (χ1) is 16.6. The number of amides is 1. The monoisotopic (exact) mass is 472 g/mol. The standard InChI is InChI=1S/C28H28N2O3S/c1-32-26-17-19(16-24-27(31)30(28(34)29-24)22-11-3-2-4-12-22)14-15-25(26)33-18-21-10-7-9-20-8-5-6-13-23(20)21/h5-10,13-17,22H,2-4,11-12,18H2,1H3,(H,29,34)/b24-16-. The maximum atomic E-state index is 13.1. The Morgan fingerprint density at radius 3 is 2.65 bits per heavy atom. The van der Waals surface area contributed by atoms with Crippen molar-refractivity contribution in [2.45, 2.75) is 44.8 Å². The van der Waals surface area contributed by atoms with Gasteiger partial charge in [-0.15, -0.1) is 0 Å². The summed E-state index contributed by atoms with van der Waals surface area (Å²) in [7, 11) is 1.62. The predicted molar refractivity (Wildman–Crippen MR) is 139 cm³/mol. The van der Waals surface area contributed by atoms with Gasteiger partial charge in [0.25, 0.3) is 5.91 Å². The van der Waals surface area contributed by atoms with Crippen LogP contribution in [0.2, 0.25) is 0 Å². The van der Waals surface area contributed by atoms with E-state index in [-0.39, 0.29) is 11.9 Å². The van der Waals surface area contributed by atoms with Crippen LogP contribution in [0, 0.1) is 0 Å². The van der Waals surface area contributed by atoms with Gasteiger partial charge in [0.15, 0.2) is 16.6 Å². The molecule has 3 aromatic carbocycles. The van der Waals surface area contributed by atoms with Crippen LogP contribution < -0.4 is 14.8 Å². The third kappa shape index (κ3) is 4.50. The molecular formula is C28H28N2O3S. The molecule has 1 aliphatic heterocycles. The molecule has 1 amide bonds. The van der Waals surface area contributed by atoms with Crippen LogP contribution >= 0.6 is 12.2 Å². The van der Waals surface area contributed by atoms with E-state index in [0.717, 1.165) is 36.8 Å². The van der Waals surface area contributed by atoms with E-state index in [2.05, 4.69) is 29.6 Å². The largest absolute Gasteiger partial charge is 0.493 e. The van der Waals surface area contributed by atoms with Gasteiger partial charge in [-0.3, -0.25) is 9.69 Å². The van der Waals surface area contributed by atoms with E-state index >= 15 is 0 Å². The van der Waals surface area contributed by atoms with Crippen molar-refractivity contribution < 1.29 is 14.3 Å². The van der Waals surface area contributed by atoms with Crippen molar-refractivity contribution in [3.05, 3.63) is 77.5 Å². The average Bonchev–Trinajstić information content (AvgIpc) is 3.15. The highest BCUT2D eigenvalue weighted by Gasteiger charge is 2.36. The minimum Gasteiger partial charge on any atom is -0.493 e. The molecule has 5 rings (SSSR count). The zero-order valence-corrected chi connectivity index (χ0v) is 20.1. The van der Waals surface area contributed by atoms with Crippen LogP contribution in [-0.2, 0) is 11.4 Å². The summed E-state index contributed by atoms with van der Waals surface area (Å²) < 4.78 is 11.7. The molecule has 2 fully saturated rings. The van der Waals surface area contributed by atoms with Crippen molar-refractivity contribution in [3.8, 4) is 11.5 Å². The smallest absolute Gasteiger partial charge is 0.276 e. The molecule has 0 spiro atoms. The van der Waals surface area contributed by atoms with Crippen LogP contribution in [0.1, 0.15) is 43.2 Å². The number of carbonyl (C=O) groups excluding carboxylic acids is 1. The average molecular weight is 473 g/mol. The molecule has 0 aromatic heterocycles. The minimum absolute atomic E-state index is 0.0489. The number of thiocarbonyl (C=S) groups is 1. The summed E-state index contributed by atoms with van der Waals surface area (Å²) in [6.07, 6.45) is 7.38. The Bertz CT molecular complexity index is 1260. The van der Waals surface area contributed by atoms with Crippen molar-refractivity contribution in [1.29, 1.82) is 0 Å². The SMILES string of the molecule is COc1cc(/C=C2\NC(=S)N(C3CCCCC3)C2=O)ccc1OCc1cccc2ccccc12. The molecule has 3 aromatic rings. The molecule has 1 N–H and O–H groups in total. The van der Waals surface area contributed by atoms with Gasteiger partial charge in [0.2, 0.25) is 0 Å². The number of methoxy groups -OCH3 is 1. The number of nitrogens with one attached hydrogen (secondary N) is 1. The molecule has 0 unspecified atom stereocenters. The Kier molecular flexibility index (Phi) is 6.50. The van der Waals surface area contributed by atoms with E-state index in [1.165, 1.54) is 17.2 Å². The molecule has 34 heavy (non-hydrogen) atoms. The first kappa shape index (κ1) is 22.4. The topological polar surface area (TPSA) is 50.8 Å². The molecule has 0 atom stereocenters. The number of nitrogens with zero attached hydrogens (tertiary/aromatic N) is 1. The van der Waals surface area contributed by atoms with Gasteiger partial charge in [-0.25, -0.2) is 0 Å². The molecule has 0 radical (unpaired) electrons. The van der Waals surface area contributed by atoms with E-state index in [4.69, 9.17) is 21.7 Å². The Labute approximate surface area is 205 Å². The Morgan fingerprint density at radius 2 is 1.82 bits per heavy atom. The summed E-state index contributed by atoms with van der Waals surface area (Å²) >= 11 is 5.48. The zero-order valence-electron chi connectivity index (χ0n) is 19.3. The van der Waals surface area contributed by atoms with Gasteiger partial charge < -0.3 is 14.8 Å². The summed E-state index contributed by atoms with van der Waals surface area (Å²) in [5, 5.41) is 5.98. The van der Waals surface area contributed by atoms with Crippen LogP contribution in [0.5, 0.6) is 11.5 Å². The lowest BCUT2D eigenvalue weighted by atomic mass is 9.94. The van der Waals surface area contributed by atoms with Crippen molar-refractivity contribution in [2.24, 2.45) is 0 Å². The molecule has 174 valence electrons. The van der Waals surface area contributed by atoms with Crippen LogP contribution in [0.15, 0.2) is 66.4 Å². The molecule has 0 bridgehead atoms. The summed E-state index contributed by atoms with van der Waals surface area (Å²) in [6.45, 7) is 0.433. The van der Waals surface area contributed by atoms with Crippen molar-refractivity contribution in [3.63, 3.8) is 0 Å². The number of ether oxygens (including phenoxy) is 2. The van der Waals surface area contributed by atoms with Crippen LogP contribution in [0.3, 0.4) is 0 Å². The van der Waals surface area contributed by atoms with Gasteiger partial charge in [0.05, 0.1) is 7.11 Å². The zero-order chi connectivity index (χ0) is 23.5. The summed E-state index contributed by atoms with van der Waals surface area (Å²) in [4.78, 5) is 14.8. The predicted octanol–water partition coefficient (Wildman–Crippen LogP) is 5.82. The van der Waals surface area contributed by atoms with E-state index in [0.29, 0.717) is 28.9 Å². The second-order valence-electron chi connectivity index (χ2n) is 8.79. The van der Waals surface area contributed by atoms with Crippen LogP contribution in [0.4, 0.5) is 0 Å². The number of fused-ring (bicyclic) bond motifs is 1. The summed E-state index contributed by atoms with van der Waals surface area (Å²) in [5.74, 6) is 1.22. The fraction of sp³-hybridized carbons (Fsp3) is 0.286. The number of hydrogen-bond acceptors (Lipinski definition) is 4. The molecular weight excluding hydrogens is 444 g/mol. The number of rotatable bonds is 6. The third-order valence-electron chi connectivity index (χ3n) is 6.61. The molecule has 1 saturated carbocycles. The first-order valence-corrected chi connectivity index (χ1v) is 12.2. The number of carbonyl (C=O) groups is 1.